The Morgan fingerprint density at radius 1 is 1.03 bits per heavy atom. The summed E-state index contributed by atoms with van der Waals surface area (Å²) in [6, 6.07) is 12.5. The average molecular weight is 398 g/mol. The van der Waals surface area contributed by atoms with Gasteiger partial charge in [-0.25, -0.2) is 4.39 Å². The quantitative estimate of drug-likeness (QED) is 0.702. The van der Waals surface area contributed by atoms with Crippen molar-refractivity contribution in [3.8, 4) is 0 Å². The molecule has 0 heterocycles. The molecule has 0 aliphatic heterocycles. The molecule has 29 heavy (non-hydrogen) atoms. The minimum absolute atomic E-state index is 0.134. The van der Waals surface area contributed by atoms with Crippen LogP contribution in [0.25, 0.3) is 0 Å². The summed E-state index contributed by atoms with van der Waals surface area (Å²) in [7, 11) is 0. The zero-order valence-electron chi connectivity index (χ0n) is 15.9. The molecule has 2 aromatic carbocycles. The Morgan fingerprint density at radius 2 is 1.79 bits per heavy atom. The van der Waals surface area contributed by atoms with Gasteiger partial charge in [0.2, 0.25) is 0 Å². The SMILES string of the molecule is O=C(COC(=O)Cc1cccc(F)c1)Nc1ccccc1C(=O)NC1CCCC1. The molecule has 152 valence electrons. The van der Waals surface area contributed by atoms with E-state index in [0.717, 1.165) is 25.7 Å². The highest BCUT2D eigenvalue weighted by atomic mass is 19.1. The van der Waals surface area contributed by atoms with Crippen LogP contribution in [0.5, 0.6) is 0 Å². The van der Waals surface area contributed by atoms with Gasteiger partial charge in [0.25, 0.3) is 11.8 Å². The molecular formula is C22H23FN2O4. The molecule has 1 aliphatic rings. The first-order valence-electron chi connectivity index (χ1n) is 9.61. The smallest absolute Gasteiger partial charge is 0.310 e. The number of benzene rings is 2. The number of amides is 2. The number of hydrogen-bond donors (Lipinski definition) is 2. The van der Waals surface area contributed by atoms with Gasteiger partial charge in [0, 0.05) is 6.04 Å². The van der Waals surface area contributed by atoms with Gasteiger partial charge in [-0.05, 0) is 42.7 Å². The van der Waals surface area contributed by atoms with Gasteiger partial charge in [0.05, 0.1) is 17.7 Å². The third-order valence-electron chi connectivity index (χ3n) is 4.74. The normalized spacial score (nSPS) is 13.7. The number of carbonyl (C=O) groups excluding carboxylic acids is 3. The van der Waals surface area contributed by atoms with Crippen molar-refractivity contribution in [2.24, 2.45) is 0 Å². The molecule has 0 atom stereocenters. The van der Waals surface area contributed by atoms with Gasteiger partial charge in [-0.2, -0.15) is 0 Å². The van der Waals surface area contributed by atoms with Gasteiger partial charge in [-0.3, -0.25) is 14.4 Å². The monoisotopic (exact) mass is 398 g/mol. The van der Waals surface area contributed by atoms with Crippen LogP contribution in [0.2, 0.25) is 0 Å². The average Bonchev–Trinajstić information content (AvgIpc) is 3.20. The molecule has 0 unspecified atom stereocenters. The summed E-state index contributed by atoms with van der Waals surface area (Å²) in [5.41, 5.74) is 1.18. The fraction of sp³-hybridized carbons (Fsp3) is 0.318. The molecule has 7 heteroatoms. The van der Waals surface area contributed by atoms with Crippen LogP contribution in [0.3, 0.4) is 0 Å². The van der Waals surface area contributed by atoms with Crippen LogP contribution in [-0.4, -0.2) is 30.4 Å². The summed E-state index contributed by atoms with van der Waals surface area (Å²) in [6.45, 7) is -0.493. The highest BCUT2D eigenvalue weighted by Crippen LogP contribution is 2.20. The Balaban J connectivity index is 1.52. The fourth-order valence-corrected chi connectivity index (χ4v) is 3.32. The number of carbonyl (C=O) groups is 3. The highest BCUT2D eigenvalue weighted by molar-refractivity contribution is 6.04. The number of esters is 1. The third-order valence-corrected chi connectivity index (χ3v) is 4.74. The van der Waals surface area contributed by atoms with Gasteiger partial charge < -0.3 is 15.4 Å². The number of nitrogens with one attached hydrogen (secondary N) is 2. The lowest BCUT2D eigenvalue weighted by molar-refractivity contribution is -0.146. The van der Waals surface area contributed by atoms with Crippen molar-refractivity contribution in [2.45, 2.75) is 38.1 Å². The van der Waals surface area contributed by atoms with E-state index in [1.165, 1.54) is 18.2 Å². The zero-order valence-corrected chi connectivity index (χ0v) is 15.9. The molecule has 6 nitrogen and oxygen atoms in total. The van der Waals surface area contributed by atoms with Crippen molar-refractivity contribution in [3.05, 3.63) is 65.5 Å². The molecule has 2 N–H and O–H groups in total. The maximum Gasteiger partial charge on any atom is 0.310 e. The molecule has 2 amide bonds. The Labute approximate surface area is 168 Å². The van der Waals surface area contributed by atoms with Crippen molar-refractivity contribution in [1.29, 1.82) is 0 Å². The topological polar surface area (TPSA) is 84.5 Å². The standard InChI is InChI=1S/C22H23FN2O4/c23-16-7-5-6-15(12-16)13-21(27)29-14-20(26)25-19-11-4-3-10-18(19)22(28)24-17-8-1-2-9-17/h3-7,10-12,17H,1-2,8-9,13-14H2,(H,24,28)(H,25,26). The van der Waals surface area contributed by atoms with Gasteiger partial charge in [-0.15, -0.1) is 0 Å². The van der Waals surface area contributed by atoms with Crippen LogP contribution in [-0.2, 0) is 20.7 Å². The van der Waals surface area contributed by atoms with Crippen molar-refractivity contribution in [1.82, 2.24) is 5.32 Å². The number of halogens is 1. The molecule has 1 aliphatic carbocycles. The summed E-state index contributed by atoms with van der Waals surface area (Å²) in [4.78, 5) is 36.5. The van der Waals surface area contributed by atoms with Crippen LogP contribution < -0.4 is 10.6 Å². The van der Waals surface area contributed by atoms with E-state index < -0.39 is 24.3 Å². The van der Waals surface area contributed by atoms with Crippen LogP contribution in [0.15, 0.2) is 48.5 Å². The molecular weight excluding hydrogens is 375 g/mol. The van der Waals surface area contributed by atoms with Crippen molar-refractivity contribution < 1.29 is 23.5 Å². The molecule has 0 saturated heterocycles. The second kappa shape index (κ2) is 9.82. The lowest BCUT2D eigenvalue weighted by atomic mass is 10.1. The van der Waals surface area contributed by atoms with Gasteiger partial charge >= 0.3 is 5.97 Å². The van der Waals surface area contributed by atoms with E-state index in [1.54, 1.807) is 30.3 Å². The molecule has 2 aromatic rings. The number of hydrogen-bond acceptors (Lipinski definition) is 4. The summed E-state index contributed by atoms with van der Waals surface area (Å²) < 4.78 is 18.1. The van der Waals surface area contributed by atoms with E-state index in [0.29, 0.717) is 16.8 Å². The Kier molecular flexibility index (Phi) is 6.94. The van der Waals surface area contributed by atoms with Crippen LogP contribution in [0, 0.1) is 5.82 Å². The Morgan fingerprint density at radius 3 is 2.55 bits per heavy atom. The van der Waals surface area contributed by atoms with E-state index in [-0.39, 0.29) is 18.4 Å². The molecule has 0 aromatic heterocycles. The van der Waals surface area contributed by atoms with Gasteiger partial charge in [0.1, 0.15) is 5.82 Å². The molecule has 0 bridgehead atoms. The van der Waals surface area contributed by atoms with E-state index in [9.17, 15) is 18.8 Å². The Bertz CT molecular complexity index is 894. The second-order valence-corrected chi connectivity index (χ2v) is 7.02. The third kappa shape index (κ3) is 6.14. The minimum atomic E-state index is -0.641. The van der Waals surface area contributed by atoms with Crippen LogP contribution in [0.1, 0.15) is 41.6 Å². The molecule has 1 fully saturated rings. The zero-order chi connectivity index (χ0) is 20.6. The Hall–Kier alpha value is -3.22. The highest BCUT2D eigenvalue weighted by Gasteiger charge is 2.20. The molecule has 3 rings (SSSR count). The summed E-state index contributed by atoms with van der Waals surface area (Å²) >= 11 is 0. The molecule has 0 spiro atoms. The molecule has 0 radical (unpaired) electrons. The van der Waals surface area contributed by atoms with Crippen molar-refractivity contribution in [3.63, 3.8) is 0 Å². The first-order chi connectivity index (χ1) is 14.0. The number of anilines is 1. The number of ether oxygens (including phenoxy) is 1. The van der Waals surface area contributed by atoms with Gasteiger partial charge in [-0.1, -0.05) is 37.1 Å². The number of rotatable bonds is 7. The lowest BCUT2D eigenvalue weighted by Crippen LogP contribution is -2.33. The van der Waals surface area contributed by atoms with Gasteiger partial charge in [0.15, 0.2) is 6.61 Å². The second-order valence-electron chi connectivity index (χ2n) is 7.02. The summed E-state index contributed by atoms with van der Waals surface area (Å²) in [5.74, 6) is -1.88. The van der Waals surface area contributed by atoms with Crippen molar-refractivity contribution >= 4 is 23.5 Å². The predicted molar refractivity (Wildman–Crippen MR) is 106 cm³/mol. The largest absolute Gasteiger partial charge is 0.455 e. The molecule has 1 saturated carbocycles. The van der Waals surface area contributed by atoms with E-state index in [1.807, 2.05) is 0 Å². The number of para-hydroxylation sites is 1. The first-order valence-corrected chi connectivity index (χ1v) is 9.61. The van der Waals surface area contributed by atoms with E-state index in [4.69, 9.17) is 4.74 Å². The summed E-state index contributed by atoms with van der Waals surface area (Å²) in [5, 5.41) is 5.59. The lowest BCUT2D eigenvalue weighted by Gasteiger charge is -2.15. The maximum absolute atomic E-state index is 13.2. The van der Waals surface area contributed by atoms with Crippen molar-refractivity contribution in [2.75, 3.05) is 11.9 Å². The van der Waals surface area contributed by atoms with Crippen LogP contribution >= 0.6 is 0 Å². The first kappa shape index (κ1) is 20.5. The van der Waals surface area contributed by atoms with E-state index in [2.05, 4.69) is 10.6 Å². The minimum Gasteiger partial charge on any atom is -0.455 e. The maximum atomic E-state index is 13.2. The van der Waals surface area contributed by atoms with Crippen LogP contribution in [0.4, 0.5) is 10.1 Å². The predicted octanol–water partition coefficient (Wildman–Crippen LogP) is 3.22. The fourth-order valence-electron chi connectivity index (χ4n) is 3.32. The summed E-state index contributed by atoms with van der Waals surface area (Å²) in [6.07, 6.45) is 3.99. The van der Waals surface area contributed by atoms with E-state index >= 15 is 0 Å².